The number of amidine groups is 1. The van der Waals surface area contributed by atoms with Gasteiger partial charge >= 0.3 is 0 Å². The lowest BCUT2D eigenvalue weighted by molar-refractivity contribution is -0.110. The fourth-order valence-corrected chi connectivity index (χ4v) is 3.36. The Balaban J connectivity index is 1.61. The molecule has 1 aliphatic rings. The molecule has 4 rings (SSSR count). The number of rotatable bonds is 5. The third-order valence-electron chi connectivity index (χ3n) is 5.36. The van der Waals surface area contributed by atoms with Gasteiger partial charge < -0.3 is 11.1 Å². The molecule has 2 aromatic carbocycles. The summed E-state index contributed by atoms with van der Waals surface area (Å²) in [6, 6.07) is 17.6. The quantitative estimate of drug-likeness (QED) is 0.358. The van der Waals surface area contributed by atoms with Gasteiger partial charge in [-0.05, 0) is 31.4 Å². The van der Waals surface area contributed by atoms with Crippen molar-refractivity contribution in [2.75, 3.05) is 5.32 Å². The molecule has 2 amide bonds. The summed E-state index contributed by atoms with van der Waals surface area (Å²) in [4.78, 5) is 46.0. The minimum Gasteiger partial charge on any atom is -0.379 e. The second-order valence-electron chi connectivity index (χ2n) is 7.62. The maximum atomic E-state index is 13.2. The molecule has 0 spiro atoms. The number of amides is 2. The molecule has 1 saturated carbocycles. The highest BCUT2D eigenvalue weighted by molar-refractivity contribution is 6.43. The summed E-state index contributed by atoms with van der Waals surface area (Å²) < 4.78 is 1.51. The Labute approximate surface area is 190 Å². The molecule has 0 aliphatic heterocycles. The molecule has 0 atom stereocenters. The van der Waals surface area contributed by atoms with Crippen molar-refractivity contribution in [1.82, 2.24) is 9.55 Å². The highest BCUT2D eigenvalue weighted by Crippen LogP contribution is 2.25. The largest absolute Gasteiger partial charge is 0.379 e. The molecule has 0 saturated heterocycles. The Hall–Kier alpha value is -4.33. The predicted octanol–water partition coefficient (Wildman–Crippen LogP) is 3.16. The van der Waals surface area contributed by atoms with Crippen LogP contribution >= 0.6 is 0 Å². The molecule has 33 heavy (non-hydrogen) atoms. The van der Waals surface area contributed by atoms with Crippen LogP contribution in [0.4, 0.5) is 5.69 Å². The fourth-order valence-electron chi connectivity index (χ4n) is 3.36. The van der Waals surface area contributed by atoms with Crippen molar-refractivity contribution in [3.8, 4) is 11.4 Å². The zero-order valence-electron chi connectivity index (χ0n) is 17.9. The monoisotopic (exact) mass is 441 g/mol. The molecule has 3 N–H and O–H groups in total. The Morgan fingerprint density at radius 1 is 1.06 bits per heavy atom. The maximum absolute atomic E-state index is 13.2. The van der Waals surface area contributed by atoms with Crippen LogP contribution in [0.2, 0.25) is 0 Å². The van der Waals surface area contributed by atoms with Crippen molar-refractivity contribution in [3.05, 3.63) is 94.4 Å². The van der Waals surface area contributed by atoms with E-state index in [1.165, 1.54) is 16.3 Å². The molecule has 8 heteroatoms. The van der Waals surface area contributed by atoms with E-state index in [1.54, 1.807) is 30.3 Å². The first-order valence-electron chi connectivity index (χ1n) is 10.6. The maximum Gasteiger partial charge on any atom is 0.291 e. The number of nitrogens with one attached hydrogen (secondary N) is 1. The van der Waals surface area contributed by atoms with Crippen LogP contribution in [0.1, 0.15) is 29.6 Å². The van der Waals surface area contributed by atoms with Gasteiger partial charge in [0, 0.05) is 17.7 Å². The Morgan fingerprint density at radius 2 is 1.73 bits per heavy atom. The van der Waals surface area contributed by atoms with E-state index in [0.29, 0.717) is 17.9 Å². The molecular formula is C25H23N5O3. The van der Waals surface area contributed by atoms with Crippen LogP contribution in [0.15, 0.2) is 88.3 Å². The van der Waals surface area contributed by atoms with Crippen LogP contribution in [-0.4, -0.2) is 27.2 Å². The van der Waals surface area contributed by atoms with E-state index in [1.807, 2.05) is 36.4 Å². The molecule has 1 aliphatic carbocycles. The van der Waals surface area contributed by atoms with Gasteiger partial charge in [-0.1, -0.05) is 60.2 Å². The highest BCUT2D eigenvalue weighted by atomic mass is 16.2. The number of carbonyl (C=O) groups is 2. The molecule has 8 nitrogen and oxygen atoms in total. The van der Waals surface area contributed by atoms with Gasteiger partial charge in [-0.25, -0.2) is 4.98 Å². The molecule has 0 unspecified atom stereocenters. The zero-order chi connectivity index (χ0) is 23.2. The van der Waals surface area contributed by atoms with Crippen molar-refractivity contribution in [1.29, 1.82) is 0 Å². The topological polar surface area (TPSA) is 119 Å². The lowest BCUT2D eigenvalue weighted by Gasteiger charge is -2.18. The normalized spacial score (nSPS) is 13.2. The first kappa shape index (κ1) is 21.9. The summed E-state index contributed by atoms with van der Waals surface area (Å²) in [6.07, 6.45) is 6.53. The van der Waals surface area contributed by atoms with Crippen molar-refractivity contribution in [2.45, 2.75) is 25.8 Å². The van der Waals surface area contributed by atoms with E-state index in [4.69, 9.17) is 5.73 Å². The first-order valence-corrected chi connectivity index (χ1v) is 10.6. The number of aliphatic imine (C=N–C) groups is 1. The standard InChI is InChI=1S/C25H23N5O3/c26-21(29-23(31)19-12-5-2-6-13-19)24(32)28-20-16-27-22(18-10-3-1-4-11-18)30(25(20)33)15-14-17-8-7-9-17/h1-6,10-14,16H,7-9,15H2,(H,28,32)(H2,26,29,31). The van der Waals surface area contributed by atoms with Gasteiger partial charge in [-0.3, -0.25) is 19.0 Å². The second kappa shape index (κ2) is 9.86. The van der Waals surface area contributed by atoms with E-state index < -0.39 is 23.2 Å². The second-order valence-corrected chi connectivity index (χ2v) is 7.62. The van der Waals surface area contributed by atoms with Crippen LogP contribution in [0.25, 0.3) is 11.4 Å². The van der Waals surface area contributed by atoms with Gasteiger partial charge in [0.2, 0.25) is 0 Å². The summed E-state index contributed by atoms with van der Waals surface area (Å²) in [5.74, 6) is -1.55. The third-order valence-corrected chi connectivity index (χ3v) is 5.36. The summed E-state index contributed by atoms with van der Waals surface area (Å²) in [6.45, 7) is 0.338. The van der Waals surface area contributed by atoms with Gasteiger partial charge in [0.15, 0.2) is 5.84 Å². The number of aromatic nitrogens is 2. The van der Waals surface area contributed by atoms with Crippen LogP contribution in [0.3, 0.4) is 0 Å². The molecule has 1 heterocycles. The predicted molar refractivity (Wildman–Crippen MR) is 127 cm³/mol. The number of hydrogen-bond donors (Lipinski definition) is 2. The summed E-state index contributed by atoms with van der Waals surface area (Å²) in [7, 11) is 0. The summed E-state index contributed by atoms with van der Waals surface area (Å²) in [5.41, 5.74) is 7.63. The molecular weight excluding hydrogens is 418 g/mol. The number of nitrogens with two attached hydrogens (primary N) is 1. The summed E-state index contributed by atoms with van der Waals surface area (Å²) in [5, 5.41) is 2.44. The molecule has 1 aromatic heterocycles. The van der Waals surface area contributed by atoms with Crippen LogP contribution in [0, 0.1) is 0 Å². The minimum atomic E-state index is -0.852. The Morgan fingerprint density at radius 3 is 2.36 bits per heavy atom. The van der Waals surface area contributed by atoms with Crippen molar-refractivity contribution >= 4 is 23.3 Å². The van der Waals surface area contributed by atoms with Gasteiger partial charge in [0.1, 0.15) is 11.5 Å². The molecule has 166 valence electrons. The number of nitrogens with zero attached hydrogens (tertiary/aromatic N) is 3. The van der Waals surface area contributed by atoms with E-state index in [2.05, 4.69) is 15.3 Å². The average molecular weight is 441 g/mol. The number of benzene rings is 2. The summed E-state index contributed by atoms with van der Waals surface area (Å²) >= 11 is 0. The van der Waals surface area contributed by atoms with Gasteiger partial charge in [0.05, 0.1) is 6.20 Å². The zero-order valence-corrected chi connectivity index (χ0v) is 17.9. The number of anilines is 1. The van der Waals surface area contributed by atoms with Crippen LogP contribution < -0.4 is 16.6 Å². The highest BCUT2D eigenvalue weighted by Gasteiger charge is 2.17. The van der Waals surface area contributed by atoms with E-state index in [-0.39, 0.29) is 5.69 Å². The fraction of sp³-hybridized carbons (Fsp3) is 0.160. The molecule has 1 fully saturated rings. The third kappa shape index (κ3) is 5.12. The van der Waals surface area contributed by atoms with Crippen LogP contribution in [0.5, 0.6) is 0 Å². The van der Waals surface area contributed by atoms with Crippen molar-refractivity contribution < 1.29 is 9.59 Å². The SMILES string of the molecule is NC(=NC(=O)c1ccccc1)C(=O)Nc1cnc(-c2ccccc2)n(CC=C2CCC2)c1=O. The lowest BCUT2D eigenvalue weighted by atomic mass is 9.92. The Bertz CT molecular complexity index is 1290. The van der Waals surface area contributed by atoms with Gasteiger partial charge in [-0.15, -0.1) is 0 Å². The minimum absolute atomic E-state index is 0.0444. The molecule has 0 bridgehead atoms. The average Bonchev–Trinajstić information content (AvgIpc) is 2.81. The van der Waals surface area contributed by atoms with Crippen molar-refractivity contribution in [2.24, 2.45) is 10.7 Å². The molecule has 0 radical (unpaired) electrons. The van der Waals surface area contributed by atoms with Crippen LogP contribution in [-0.2, 0) is 11.3 Å². The number of hydrogen-bond acceptors (Lipinski definition) is 4. The first-order chi connectivity index (χ1) is 16.0. The Kier molecular flexibility index (Phi) is 6.54. The van der Waals surface area contributed by atoms with Crippen molar-refractivity contribution in [3.63, 3.8) is 0 Å². The van der Waals surface area contributed by atoms with Gasteiger partial charge in [0.25, 0.3) is 17.4 Å². The van der Waals surface area contributed by atoms with Gasteiger partial charge in [-0.2, -0.15) is 4.99 Å². The molecule has 3 aromatic rings. The smallest absolute Gasteiger partial charge is 0.291 e. The lowest BCUT2D eigenvalue weighted by Crippen LogP contribution is -2.35. The van der Waals surface area contributed by atoms with E-state index >= 15 is 0 Å². The van der Waals surface area contributed by atoms with E-state index in [9.17, 15) is 14.4 Å². The number of carbonyl (C=O) groups excluding carboxylic acids is 2. The van der Waals surface area contributed by atoms with E-state index in [0.717, 1.165) is 24.8 Å². The number of allylic oxidation sites excluding steroid dienone is 2.